The Morgan fingerprint density at radius 1 is 0.744 bits per heavy atom. The standard InChI is InChI=1S/C33H29N5O4S/c1-24-13-19-31(25(2)21-24)36-43(41,42)33-22-30(38(39)40)18-20-32(33)35-34-23-26-14-16-29(17-15-26)37(27-9-5-3-6-10-27)28-11-7-4-8-12-28/h3-23,35-36H,1-2H3. The molecule has 0 aliphatic carbocycles. The van der Waals surface area contributed by atoms with Crippen LogP contribution in [0.4, 0.5) is 34.1 Å². The number of rotatable bonds is 10. The summed E-state index contributed by atoms with van der Waals surface area (Å²) in [5, 5.41) is 15.7. The van der Waals surface area contributed by atoms with Crippen LogP contribution in [-0.2, 0) is 10.0 Å². The van der Waals surface area contributed by atoms with Gasteiger partial charge in [-0.25, -0.2) is 8.42 Å². The highest BCUT2D eigenvalue weighted by molar-refractivity contribution is 7.92. The third-order valence-corrected chi connectivity index (χ3v) is 8.08. The van der Waals surface area contributed by atoms with Gasteiger partial charge < -0.3 is 4.90 Å². The van der Waals surface area contributed by atoms with E-state index < -0.39 is 14.9 Å². The second-order valence-electron chi connectivity index (χ2n) is 9.83. The zero-order valence-electron chi connectivity index (χ0n) is 23.5. The molecule has 0 radical (unpaired) electrons. The average Bonchev–Trinajstić information content (AvgIpc) is 3.00. The minimum atomic E-state index is -4.19. The van der Waals surface area contributed by atoms with Crippen molar-refractivity contribution in [3.63, 3.8) is 0 Å². The Bertz CT molecular complexity index is 1840. The number of nitro groups is 1. The van der Waals surface area contributed by atoms with E-state index in [9.17, 15) is 18.5 Å². The van der Waals surface area contributed by atoms with Gasteiger partial charge in [0.1, 0.15) is 4.90 Å². The first kappa shape index (κ1) is 29.0. The zero-order chi connectivity index (χ0) is 30.4. The molecular formula is C33H29N5O4S. The van der Waals surface area contributed by atoms with E-state index >= 15 is 0 Å². The largest absolute Gasteiger partial charge is 0.311 e. The number of sulfonamides is 1. The summed E-state index contributed by atoms with van der Waals surface area (Å²) in [4.78, 5) is 12.6. The average molecular weight is 592 g/mol. The lowest BCUT2D eigenvalue weighted by molar-refractivity contribution is -0.385. The first-order valence-electron chi connectivity index (χ1n) is 13.4. The molecule has 10 heteroatoms. The van der Waals surface area contributed by atoms with E-state index in [2.05, 4.69) is 20.1 Å². The number of hydrazone groups is 1. The van der Waals surface area contributed by atoms with E-state index in [4.69, 9.17) is 0 Å². The summed E-state index contributed by atoms with van der Waals surface area (Å²) >= 11 is 0. The monoisotopic (exact) mass is 591 g/mol. The summed E-state index contributed by atoms with van der Waals surface area (Å²) in [5.41, 5.74) is 8.31. The highest BCUT2D eigenvalue weighted by atomic mass is 32.2. The van der Waals surface area contributed by atoms with Crippen LogP contribution < -0.4 is 15.0 Å². The maximum atomic E-state index is 13.4. The molecule has 0 aromatic heterocycles. The molecule has 5 aromatic rings. The van der Waals surface area contributed by atoms with Crippen LogP contribution in [0.3, 0.4) is 0 Å². The van der Waals surface area contributed by atoms with Gasteiger partial charge in [0.2, 0.25) is 0 Å². The van der Waals surface area contributed by atoms with Crippen molar-refractivity contribution in [2.24, 2.45) is 5.10 Å². The molecule has 0 heterocycles. The number of anilines is 5. The lowest BCUT2D eigenvalue weighted by Gasteiger charge is -2.25. The van der Waals surface area contributed by atoms with Crippen LogP contribution in [0, 0.1) is 24.0 Å². The topological polar surface area (TPSA) is 117 Å². The summed E-state index contributed by atoms with van der Waals surface area (Å²) in [5.74, 6) is 0. The molecule has 0 spiro atoms. The molecule has 0 unspecified atom stereocenters. The van der Waals surface area contributed by atoms with E-state index in [0.717, 1.165) is 39.8 Å². The van der Waals surface area contributed by atoms with E-state index in [1.807, 2.05) is 97.9 Å². The molecule has 0 fully saturated rings. The van der Waals surface area contributed by atoms with Crippen molar-refractivity contribution in [1.82, 2.24) is 0 Å². The van der Waals surface area contributed by atoms with Crippen LogP contribution >= 0.6 is 0 Å². The van der Waals surface area contributed by atoms with Gasteiger partial charge in [-0.15, -0.1) is 0 Å². The predicted molar refractivity (Wildman–Crippen MR) is 172 cm³/mol. The van der Waals surface area contributed by atoms with Gasteiger partial charge >= 0.3 is 0 Å². The minimum Gasteiger partial charge on any atom is -0.311 e. The van der Waals surface area contributed by atoms with Crippen LogP contribution in [0.25, 0.3) is 0 Å². The third kappa shape index (κ3) is 6.88. The molecule has 43 heavy (non-hydrogen) atoms. The third-order valence-electron chi connectivity index (χ3n) is 6.67. The van der Waals surface area contributed by atoms with E-state index in [0.29, 0.717) is 5.69 Å². The SMILES string of the molecule is Cc1ccc(NS(=O)(=O)c2cc([N+](=O)[O-])ccc2NN=Cc2ccc(N(c3ccccc3)c3ccccc3)cc2)c(C)c1. The number of benzene rings is 5. The molecule has 0 aliphatic rings. The van der Waals surface area contributed by atoms with Gasteiger partial charge in [-0.2, -0.15) is 5.10 Å². The maximum Gasteiger partial charge on any atom is 0.270 e. The fourth-order valence-corrected chi connectivity index (χ4v) is 5.86. The van der Waals surface area contributed by atoms with Gasteiger partial charge in [-0.3, -0.25) is 20.3 Å². The molecule has 0 saturated carbocycles. The Morgan fingerprint density at radius 2 is 1.33 bits per heavy atom. The fraction of sp³-hybridized carbons (Fsp3) is 0.0606. The van der Waals surface area contributed by atoms with Gasteiger partial charge in [0.15, 0.2) is 0 Å². The second-order valence-corrected chi connectivity index (χ2v) is 11.5. The molecule has 5 aromatic carbocycles. The van der Waals surface area contributed by atoms with Crippen molar-refractivity contribution in [3.8, 4) is 0 Å². The minimum absolute atomic E-state index is 0.0927. The molecular weight excluding hydrogens is 562 g/mol. The number of nitrogens with zero attached hydrogens (tertiary/aromatic N) is 3. The maximum absolute atomic E-state index is 13.4. The van der Waals surface area contributed by atoms with Gasteiger partial charge in [0, 0.05) is 29.2 Å². The Balaban J connectivity index is 1.39. The molecule has 0 saturated heterocycles. The van der Waals surface area contributed by atoms with E-state index in [-0.39, 0.29) is 16.3 Å². The number of para-hydroxylation sites is 2. The van der Waals surface area contributed by atoms with Crippen LogP contribution in [0.1, 0.15) is 16.7 Å². The van der Waals surface area contributed by atoms with Gasteiger partial charge in [0.25, 0.3) is 15.7 Å². The van der Waals surface area contributed by atoms with Crippen LogP contribution in [0.2, 0.25) is 0 Å². The van der Waals surface area contributed by atoms with Crippen LogP contribution in [0.5, 0.6) is 0 Å². The smallest absolute Gasteiger partial charge is 0.270 e. The molecule has 0 aliphatic heterocycles. The van der Waals surface area contributed by atoms with Crippen molar-refractivity contribution < 1.29 is 13.3 Å². The Morgan fingerprint density at radius 3 is 1.91 bits per heavy atom. The lowest BCUT2D eigenvalue weighted by Crippen LogP contribution is -2.16. The number of hydrogen-bond donors (Lipinski definition) is 2. The first-order valence-corrected chi connectivity index (χ1v) is 14.9. The number of aryl methyl sites for hydroxylation is 2. The van der Waals surface area contributed by atoms with Crippen molar-refractivity contribution in [2.45, 2.75) is 18.7 Å². The Kier molecular flexibility index (Phi) is 8.49. The Labute approximate surface area is 250 Å². The number of nitro benzene ring substituents is 1. The predicted octanol–water partition coefficient (Wildman–Crippen LogP) is 7.93. The normalized spacial score (nSPS) is 11.3. The highest BCUT2D eigenvalue weighted by Crippen LogP contribution is 2.34. The Hall–Kier alpha value is -5.48. The molecule has 0 bridgehead atoms. The van der Waals surface area contributed by atoms with E-state index in [1.165, 1.54) is 12.1 Å². The first-order chi connectivity index (χ1) is 20.7. The summed E-state index contributed by atoms with van der Waals surface area (Å²) < 4.78 is 29.3. The summed E-state index contributed by atoms with van der Waals surface area (Å²) in [6.45, 7) is 3.69. The molecule has 9 nitrogen and oxygen atoms in total. The van der Waals surface area contributed by atoms with Gasteiger partial charge in [0.05, 0.1) is 22.5 Å². The highest BCUT2D eigenvalue weighted by Gasteiger charge is 2.23. The quantitative estimate of drug-likeness (QED) is 0.0968. The summed E-state index contributed by atoms with van der Waals surface area (Å²) in [6.07, 6.45) is 1.55. The molecule has 0 amide bonds. The van der Waals surface area contributed by atoms with Crippen LogP contribution in [0.15, 0.2) is 131 Å². The van der Waals surface area contributed by atoms with Crippen LogP contribution in [-0.4, -0.2) is 19.6 Å². The van der Waals surface area contributed by atoms with Crippen molar-refractivity contribution in [1.29, 1.82) is 0 Å². The summed E-state index contributed by atoms with van der Waals surface area (Å²) in [6, 6.07) is 36.6. The second kappa shape index (κ2) is 12.6. The van der Waals surface area contributed by atoms with Gasteiger partial charge in [-0.1, -0.05) is 66.2 Å². The fourth-order valence-electron chi connectivity index (χ4n) is 4.55. The zero-order valence-corrected chi connectivity index (χ0v) is 24.3. The number of non-ortho nitro benzene ring substituents is 1. The van der Waals surface area contributed by atoms with Crippen molar-refractivity contribution >= 4 is 50.4 Å². The summed E-state index contributed by atoms with van der Waals surface area (Å²) in [7, 11) is -4.19. The molecule has 5 rings (SSSR count). The molecule has 2 N–H and O–H groups in total. The molecule has 216 valence electrons. The van der Waals surface area contributed by atoms with Gasteiger partial charge in [-0.05, 0) is 73.5 Å². The number of nitrogens with one attached hydrogen (secondary N) is 2. The molecule has 0 atom stereocenters. The lowest BCUT2D eigenvalue weighted by atomic mass is 10.1. The van der Waals surface area contributed by atoms with Crippen molar-refractivity contribution in [2.75, 3.05) is 15.0 Å². The van der Waals surface area contributed by atoms with Crippen molar-refractivity contribution in [3.05, 3.63) is 148 Å². The number of hydrogen-bond acceptors (Lipinski definition) is 7. The van der Waals surface area contributed by atoms with E-state index in [1.54, 1.807) is 25.3 Å².